The van der Waals surface area contributed by atoms with Gasteiger partial charge in [-0.15, -0.1) is 0 Å². The van der Waals surface area contributed by atoms with Crippen LogP contribution in [0.1, 0.15) is 16.8 Å². The van der Waals surface area contributed by atoms with Gasteiger partial charge in [-0.1, -0.05) is 11.6 Å². The number of carbonyl (C=O) groups is 1. The number of hydrogen-bond donors (Lipinski definition) is 2. The van der Waals surface area contributed by atoms with Gasteiger partial charge in [-0.25, -0.2) is 10.5 Å². The number of pyridine rings is 1. The summed E-state index contributed by atoms with van der Waals surface area (Å²) in [5.41, 5.74) is 8.03. The molecule has 0 aliphatic carbocycles. The van der Waals surface area contributed by atoms with E-state index in [1.54, 1.807) is 0 Å². The number of anilines is 1. The van der Waals surface area contributed by atoms with Crippen LogP contribution >= 0.6 is 11.6 Å². The second-order valence-electron chi connectivity index (χ2n) is 4.06. The highest BCUT2D eigenvalue weighted by atomic mass is 35.5. The molecule has 0 saturated carbocycles. The van der Waals surface area contributed by atoms with Crippen molar-refractivity contribution in [2.24, 2.45) is 11.7 Å². The fourth-order valence-corrected chi connectivity index (χ4v) is 1.80. The number of nitrogens with one attached hydrogen (secondary N) is 1. The van der Waals surface area contributed by atoms with E-state index in [2.05, 4.69) is 10.5 Å². The molecule has 1 amide bonds. The minimum absolute atomic E-state index is 0.259. The summed E-state index contributed by atoms with van der Waals surface area (Å²) in [4.78, 5) is 20.2. The molecule has 1 fully saturated rings. The molecular formula is C11H14ClN3O3. The third-order valence-corrected chi connectivity index (χ3v) is 2.93. The Labute approximate surface area is 109 Å². The molecule has 2 rings (SSSR count). The third kappa shape index (κ3) is 3.32. The van der Waals surface area contributed by atoms with Gasteiger partial charge in [0.15, 0.2) is 5.82 Å². The molecule has 2 heterocycles. The summed E-state index contributed by atoms with van der Waals surface area (Å²) < 4.78 is 5.22. The van der Waals surface area contributed by atoms with Crippen molar-refractivity contribution in [2.45, 2.75) is 6.42 Å². The highest BCUT2D eigenvalue weighted by molar-refractivity contribution is 6.33. The lowest BCUT2D eigenvalue weighted by Gasteiger charge is -2.10. The van der Waals surface area contributed by atoms with E-state index in [-0.39, 0.29) is 10.6 Å². The highest BCUT2D eigenvalue weighted by Crippen LogP contribution is 2.20. The molecule has 6 nitrogen and oxygen atoms in total. The van der Waals surface area contributed by atoms with Gasteiger partial charge in [-0.3, -0.25) is 9.63 Å². The van der Waals surface area contributed by atoms with Gasteiger partial charge in [0.25, 0.3) is 0 Å². The minimum atomic E-state index is -0.569. The van der Waals surface area contributed by atoms with Gasteiger partial charge in [-0.2, -0.15) is 0 Å². The molecule has 1 aliphatic heterocycles. The SMILES string of the molecule is NC(=O)c1cnc(NOCC2CCOC2)c(Cl)c1. The zero-order chi connectivity index (χ0) is 13.0. The molecule has 0 bridgehead atoms. The maximum atomic E-state index is 10.9. The predicted octanol–water partition coefficient (Wildman–Crippen LogP) is 1.21. The first-order valence-electron chi connectivity index (χ1n) is 5.57. The molecule has 1 saturated heterocycles. The van der Waals surface area contributed by atoms with E-state index < -0.39 is 5.91 Å². The first-order valence-corrected chi connectivity index (χ1v) is 5.95. The Morgan fingerprint density at radius 3 is 3.17 bits per heavy atom. The highest BCUT2D eigenvalue weighted by Gasteiger charge is 2.16. The molecule has 7 heteroatoms. The second kappa shape index (κ2) is 5.99. The van der Waals surface area contributed by atoms with Crippen LogP contribution in [-0.4, -0.2) is 30.7 Å². The average molecular weight is 272 g/mol. The number of amides is 1. The lowest BCUT2D eigenvalue weighted by atomic mass is 10.1. The van der Waals surface area contributed by atoms with Crippen molar-refractivity contribution in [1.82, 2.24) is 4.98 Å². The average Bonchev–Trinajstić information content (AvgIpc) is 2.84. The van der Waals surface area contributed by atoms with E-state index in [0.717, 1.165) is 13.0 Å². The van der Waals surface area contributed by atoms with Crippen molar-refractivity contribution in [3.63, 3.8) is 0 Å². The monoisotopic (exact) mass is 271 g/mol. The number of rotatable bonds is 5. The molecular weight excluding hydrogens is 258 g/mol. The molecule has 98 valence electrons. The first-order chi connectivity index (χ1) is 8.66. The topological polar surface area (TPSA) is 86.5 Å². The molecule has 0 radical (unpaired) electrons. The minimum Gasteiger partial charge on any atom is -0.381 e. The number of halogens is 1. The molecule has 1 unspecified atom stereocenters. The smallest absolute Gasteiger partial charge is 0.250 e. The largest absolute Gasteiger partial charge is 0.381 e. The summed E-state index contributed by atoms with van der Waals surface area (Å²) >= 11 is 5.93. The zero-order valence-electron chi connectivity index (χ0n) is 9.69. The van der Waals surface area contributed by atoms with E-state index in [1.807, 2.05) is 0 Å². The zero-order valence-corrected chi connectivity index (χ0v) is 10.4. The van der Waals surface area contributed by atoms with Crippen LogP contribution in [0.2, 0.25) is 5.02 Å². The number of primary amides is 1. The van der Waals surface area contributed by atoms with Crippen molar-refractivity contribution >= 4 is 23.3 Å². The maximum Gasteiger partial charge on any atom is 0.250 e. The van der Waals surface area contributed by atoms with Gasteiger partial charge >= 0.3 is 0 Å². The second-order valence-corrected chi connectivity index (χ2v) is 4.47. The van der Waals surface area contributed by atoms with E-state index in [0.29, 0.717) is 24.9 Å². The van der Waals surface area contributed by atoms with Gasteiger partial charge in [0.05, 0.1) is 23.8 Å². The number of aromatic nitrogens is 1. The molecule has 1 aromatic heterocycles. The van der Waals surface area contributed by atoms with Crippen LogP contribution in [0.5, 0.6) is 0 Å². The lowest BCUT2D eigenvalue weighted by Crippen LogP contribution is -2.15. The predicted molar refractivity (Wildman–Crippen MR) is 66.3 cm³/mol. The Hall–Kier alpha value is -1.37. The lowest BCUT2D eigenvalue weighted by molar-refractivity contribution is 0.0999. The van der Waals surface area contributed by atoms with Crippen LogP contribution in [0.4, 0.5) is 5.82 Å². The summed E-state index contributed by atoms with van der Waals surface area (Å²) in [5, 5.41) is 0.286. The van der Waals surface area contributed by atoms with Gasteiger partial charge in [-0.05, 0) is 12.5 Å². The fourth-order valence-electron chi connectivity index (χ4n) is 1.59. The standard InChI is InChI=1S/C11H14ClN3O3/c12-9-3-8(10(13)16)4-14-11(9)15-18-6-7-1-2-17-5-7/h3-4,7H,1-2,5-6H2,(H2,13,16)(H,14,15). The van der Waals surface area contributed by atoms with Gasteiger partial charge in [0.1, 0.15) is 0 Å². The molecule has 1 aromatic rings. The van der Waals surface area contributed by atoms with Crippen LogP contribution in [0.25, 0.3) is 0 Å². The van der Waals surface area contributed by atoms with Crippen molar-refractivity contribution < 1.29 is 14.4 Å². The Bertz CT molecular complexity index is 436. The van der Waals surface area contributed by atoms with Crippen LogP contribution in [0.15, 0.2) is 12.3 Å². The number of nitrogens with two attached hydrogens (primary N) is 1. The van der Waals surface area contributed by atoms with E-state index in [1.165, 1.54) is 12.3 Å². The molecule has 18 heavy (non-hydrogen) atoms. The molecule has 0 aromatic carbocycles. The summed E-state index contributed by atoms with van der Waals surface area (Å²) in [7, 11) is 0. The summed E-state index contributed by atoms with van der Waals surface area (Å²) in [6.07, 6.45) is 2.34. The van der Waals surface area contributed by atoms with Gasteiger partial charge in [0, 0.05) is 18.7 Å². The van der Waals surface area contributed by atoms with Crippen LogP contribution < -0.4 is 11.2 Å². The van der Waals surface area contributed by atoms with Crippen LogP contribution in [0, 0.1) is 5.92 Å². The van der Waals surface area contributed by atoms with Crippen molar-refractivity contribution in [3.05, 3.63) is 22.8 Å². The maximum absolute atomic E-state index is 10.9. The first kappa shape index (κ1) is 13.1. The number of nitrogens with zero attached hydrogens (tertiary/aromatic N) is 1. The summed E-state index contributed by atoms with van der Waals surface area (Å²) in [6, 6.07) is 1.45. The summed E-state index contributed by atoms with van der Waals surface area (Å²) in [6.45, 7) is 2.01. The van der Waals surface area contributed by atoms with Gasteiger partial charge < -0.3 is 10.5 Å². The van der Waals surface area contributed by atoms with Crippen molar-refractivity contribution in [3.8, 4) is 0 Å². The third-order valence-electron chi connectivity index (χ3n) is 2.64. The van der Waals surface area contributed by atoms with Gasteiger partial charge in [0.2, 0.25) is 5.91 Å². The number of carbonyl (C=O) groups excluding carboxylic acids is 1. The Morgan fingerprint density at radius 2 is 2.56 bits per heavy atom. The summed E-state index contributed by atoms with van der Waals surface area (Å²) in [5.74, 6) is 0.182. The van der Waals surface area contributed by atoms with E-state index in [4.69, 9.17) is 26.9 Å². The number of hydrogen-bond acceptors (Lipinski definition) is 5. The normalized spacial score (nSPS) is 18.8. The van der Waals surface area contributed by atoms with E-state index >= 15 is 0 Å². The van der Waals surface area contributed by atoms with Crippen LogP contribution in [0.3, 0.4) is 0 Å². The molecule has 0 spiro atoms. The van der Waals surface area contributed by atoms with Crippen molar-refractivity contribution in [1.29, 1.82) is 0 Å². The Balaban J connectivity index is 1.87. The van der Waals surface area contributed by atoms with Crippen molar-refractivity contribution in [2.75, 3.05) is 25.3 Å². The van der Waals surface area contributed by atoms with E-state index in [9.17, 15) is 4.79 Å². The molecule has 3 N–H and O–H groups in total. The molecule has 1 atom stereocenters. The molecule has 1 aliphatic rings. The number of ether oxygens (including phenoxy) is 1. The Morgan fingerprint density at radius 1 is 1.72 bits per heavy atom. The quantitative estimate of drug-likeness (QED) is 0.786. The Kier molecular flexibility index (Phi) is 4.35. The fraction of sp³-hybridized carbons (Fsp3) is 0.455. The van der Waals surface area contributed by atoms with Crippen LogP contribution in [-0.2, 0) is 9.57 Å².